The van der Waals surface area contributed by atoms with Crippen molar-refractivity contribution in [1.82, 2.24) is 0 Å². The Morgan fingerprint density at radius 3 is 2.08 bits per heavy atom. The molecule has 0 heterocycles. The predicted octanol–water partition coefficient (Wildman–Crippen LogP) is 5.11. The Kier molecular flexibility index (Phi) is 5.69. The third-order valence-electron chi connectivity index (χ3n) is 3.64. The minimum Gasteiger partial charge on any atom is -0.481 e. The van der Waals surface area contributed by atoms with Gasteiger partial charge in [-0.1, -0.05) is 42.2 Å². The van der Waals surface area contributed by atoms with Gasteiger partial charge in [0.2, 0.25) is 0 Å². The highest BCUT2D eigenvalue weighted by atomic mass is 16.5. The van der Waals surface area contributed by atoms with Crippen LogP contribution in [0, 0.1) is 11.8 Å². The molecular weight excluding hydrogens is 324 g/mol. The van der Waals surface area contributed by atoms with Crippen LogP contribution in [-0.4, -0.2) is 12.4 Å². The zero-order valence-corrected chi connectivity index (χ0v) is 14.4. The molecule has 0 aliphatic rings. The van der Waals surface area contributed by atoms with Crippen molar-refractivity contribution in [2.24, 2.45) is 0 Å². The maximum absolute atomic E-state index is 11.2. The SMILES string of the molecule is CC(=O)c1ccc(C#CCOc2ccc(Oc3ccccc3)cc2)cc1. The van der Waals surface area contributed by atoms with Gasteiger partial charge in [0.25, 0.3) is 0 Å². The minimum atomic E-state index is 0.0486. The Bertz CT molecular complexity index is 915. The zero-order valence-electron chi connectivity index (χ0n) is 14.4. The van der Waals surface area contributed by atoms with Crippen LogP contribution in [0.15, 0.2) is 78.9 Å². The fraction of sp³-hybridized carbons (Fsp3) is 0.0870. The third kappa shape index (κ3) is 4.99. The second kappa shape index (κ2) is 8.55. The van der Waals surface area contributed by atoms with E-state index < -0.39 is 0 Å². The van der Waals surface area contributed by atoms with Crippen LogP contribution in [0.5, 0.6) is 17.2 Å². The van der Waals surface area contributed by atoms with E-state index in [-0.39, 0.29) is 12.4 Å². The van der Waals surface area contributed by atoms with Crippen molar-refractivity contribution >= 4 is 5.78 Å². The summed E-state index contributed by atoms with van der Waals surface area (Å²) in [6, 6.07) is 24.2. The highest BCUT2D eigenvalue weighted by Crippen LogP contribution is 2.23. The predicted molar refractivity (Wildman–Crippen MR) is 102 cm³/mol. The first-order valence-corrected chi connectivity index (χ1v) is 8.26. The fourth-order valence-corrected chi connectivity index (χ4v) is 2.27. The van der Waals surface area contributed by atoms with Gasteiger partial charge in [0, 0.05) is 11.1 Å². The van der Waals surface area contributed by atoms with Crippen LogP contribution in [0.4, 0.5) is 0 Å². The molecule has 3 rings (SSSR count). The van der Waals surface area contributed by atoms with Crippen LogP contribution < -0.4 is 9.47 Å². The van der Waals surface area contributed by atoms with Crippen molar-refractivity contribution < 1.29 is 14.3 Å². The van der Waals surface area contributed by atoms with Crippen molar-refractivity contribution in [1.29, 1.82) is 0 Å². The number of benzene rings is 3. The summed E-state index contributed by atoms with van der Waals surface area (Å²) >= 11 is 0. The summed E-state index contributed by atoms with van der Waals surface area (Å²) in [6.45, 7) is 1.83. The van der Waals surface area contributed by atoms with Gasteiger partial charge in [0.05, 0.1) is 0 Å². The summed E-state index contributed by atoms with van der Waals surface area (Å²) in [5.41, 5.74) is 1.54. The van der Waals surface area contributed by atoms with Gasteiger partial charge in [-0.05, 0) is 55.5 Å². The first-order valence-electron chi connectivity index (χ1n) is 8.26. The molecule has 0 amide bonds. The topological polar surface area (TPSA) is 35.5 Å². The summed E-state index contributed by atoms with van der Waals surface area (Å²) < 4.78 is 11.3. The molecule has 0 saturated heterocycles. The number of rotatable bonds is 5. The van der Waals surface area contributed by atoms with Crippen LogP contribution >= 0.6 is 0 Å². The Morgan fingerprint density at radius 2 is 1.42 bits per heavy atom. The van der Waals surface area contributed by atoms with E-state index in [4.69, 9.17) is 9.47 Å². The lowest BCUT2D eigenvalue weighted by molar-refractivity contribution is 0.101. The Morgan fingerprint density at radius 1 is 0.808 bits per heavy atom. The lowest BCUT2D eigenvalue weighted by Gasteiger charge is -2.06. The number of ether oxygens (including phenoxy) is 2. The van der Waals surface area contributed by atoms with Crippen molar-refractivity contribution in [2.75, 3.05) is 6.61 Å². The van der Waals surface area contributed by atoms with Gasteiger partial charge in [-0.25, -0.2) is 0 Å². The van der Waals surface area contributed by atoms with Crippen molar-refractivity contribution in [2.45, 2.75) is 6.92 Å². The van der Waals surface area contributed by atoms with Crippen LogP contribution in [0.3, 0.4) is 0 Å². The first-order chi connectivity index (χ1) is 12.7. The van der Waals surface area contributed by atoms with Gasteiger partial charge in [-0.2, -0.15) is 0 Å². The maximum atomic E-state index is 11.2. The van der Waals surface area contributed by atoms with Gasteiger partial charge in [-0.15, -0.1) is 0 Å². The molecule has 0 aliphatic carbocycles. The highest BCUT2D eigenvalue weighted by Gasteiger charge is 1.98. The molecule has 3 aromatic carbocycles. The first kappa shape index (κ1) is 17.3. The summed E-state index contributed by atoms with van der Waals surface area (Å²) in [6.07, 6.45) is 0. The molecule has 0 radical (unpaired) electrons. The number of para-hydroxylation sites is 1. The Hall–Kier alpha value is -3.51. The molecule has 0 N–H and O–H groups in total. The monoisotopic (exact) mass is 342 g/mol. The summed E-state index contributed by atoms with van der Waals surface area (Å²) in [7, 11) is 0. The molecule has 0 spiro atoms. The number of carbonyl (C=O) groups is 1. The molecular formula is C23H18O3. The minimum absolute atomic E-state index is 0.0486. The molecule has 128 valence electrons. The second-order valence-corrected chi connectivity index (χ2v) is 5.61. The number of carbonyl (C=O) groups excluding carboxylic acids is 1. The molecule has 0 bridgehead atoms. The molecule has 0 aromatic heterocycles. The Balaban J connectivity index is 1.51. The van der Waals surface area contributed by atoms with Crippen LogP contribution in [0.2, 0.25) is 0 Å². The molecule has 0 fully saturated rings. The van der Waals surface area contributed by atoms with Gasteiger partial charge in [0.1, 0.15) is 23.9 Å². The lowest BCUT2D eigenvalue weighted by Crippen LogP contribution is -1.94. The molecule has 0 atom stereocenters. The van der Waals surface area contributed by atoms with E-state index in [1.54, 1.807) is 19.1 Å². The van der Waals surface area contributed by atoms with Crippen LogP contribution in [0.1, 0.15) is 22.8 Å². The molecule has 26 heavy (non-hydrogen) atoms. The maximum Gasteiger partial charge on any atom is 0.159 e. The summed E-state index contributed by atoms with van der Waals surface area (Å²) in [5.74, 6) is 8.30. The average Bonchev–Trinajstić information content (AvgIpc) is 2.68. The normalized spacial score (nSPS) is 9.73. The van der Waals surface area contributed by atoms with Crippen LogP contribution in [-0.2, 0) is 0 Å². The van der Waals surface area contributed by atoms with Crippen molar-refractivity contribution in [3.8, 4) is 29.1 Å². The van der Waals surface area contributed by atoms with Gasteiger partial charge in [0.15, 0.2) is 5.78 Å². The van der Waals surface area contributed by atoms with Crippen molar-refractivity contribution in [3.05, 3.63) is 90.0 Å². The molecule has 0 aliphatic heterocycles. The van der Waals surface area contributed by atoms with Crippen LogP contribution in [0.25, 0.3) is 0 Å². The van der Waals surface area contributed by atoms with Gasteiger partial charge < -0.3 is 9.47 Å². The highest BCUT2D eigenvalue weighted by molar-refractivity contribution is 5.94. The number of Topliss-reactive ketones (excluding diaryl/α,β-unsaturated/α-hetero) is 1. The van der Waals surface area contributed by atoms with Gasteiger partial charge >= 0.3 is 0 Å². The second-order valence-electron chi connectivity index (χ2n) is 5.61. The molecule has 0 unspecified atom stereocenters. The van der Waals surface area contributed by atoms with E-state index in [0.29, 0.717) is 5.56 Å². The van der Waals surface area contributed by atoms with Crippen molar-refractivity contribution in [3.63, 3.8) is 0 Å². The standard InChI is InChI=1S/C23H18O3/c1-18(24)20-11-9-19(10-12-20)6-5-17-25-21-13-15-23(16-14-21)26-22-7-3-2-4-8-22/h2-4,7-16H,17H2,1H3. The smallest absolute Gasteiger partial charge is 0.159 e. The van der Waals surface area contributed by atoms with E-state index in [1.807, 2.05) is 66.7 Å². The fourth-order valence-electron chi connectivity index (χ4n) is 2.27. The molecule has 3 heteroatoms. The number of hydrogen-bond acceptors (Lipinski definition) is 3. The largest absolute Gasteiger partial charge is 0.481 e. The summed E-state index contributed by atoms with van der Waals surface area (Å²) in [4.78, 5) is 11.2. The van der Waals surface area contributed by atoms with E-state index in [9.17, 15) is 4.79 Å². The molecule has 3 aromatic rings. The average molecular weight is 342 g/mol. The van der Waals surface area contributed by atoms with E-state index in [2.05, 4.69) is 11.8 Å². The quantitative estimate of drug-likeness (QED) is 0.477. The third-order valence-corrected chi connectivity index (χ3v) is 3.64. The van der Waals surface area contributed by atoms with Gasteiger partial charge in [-0.3, -0.25) is 4.79 Å². The lowest BCUT2D eigenvalue weighted by atomic mass is 10.1. The Labute approximate surface area is 153 Å². The summed E-state index contributed by atoms with van der Waals surface area (Å²) in [5, 5.41) is 0. The van der Waals surface area contributed by atoms with E-state index >= 15 is 0 Å². The van der Waals surface area contributed by atoms with E-state index in [1.165, 1.54) is 0 Å². The molecule has 3 nitrogen and oxygen atoms in total. The zero-order chi connectivity index (χ0) is 18.2. The number of ketones is 1. The van der Waals surface area contributed by atoms with E-state index in [0.717, 1.165) is 22.8 Å². The number of hydrogen-bond donors (Lipinski definition) is 0. The molecule has 0 saturated carbocycles.